The summed E-state index contributed by atoms with van der Waals surface area (Å²) < 4.78 is 16.8. The highest BCUT2D eigenvalue weighted by Crippen LogP contribution is 2.53. The summed E-state index contributed by atoms with van der Waals surface area (Å²) in [6.07, 6.45) is 1.93. The molecule has 5 heteroatoms. The van der Waals surface area contributed by atoms with Crippen LogP contribution >= 0.6 is 15.9 Å². The maximum atomic E-state index is 6.23. The molecule has 0 radical (unpaired) electrons. The first-order valence-corrected chi connectivity index (χ1v) is 6.14. The van der Waals surface area contributed by atoms with Crippen molar-refractivity contribution in [3.63, 3.8) is 0 Å². The second-order valence-electron chi connectivity index (χ2n) is 4.16. The van der Waals surface area contributed by atoms with Gasteiger partial charge in [0, 0.05) is 11.1 Å². The van der Waals surface area contributed by atoms with Gasteiger partial charge in [-0.25, -0.2) is 0 Å². The highest BCUT2D eigenvalue weighted by Gasteiger charge is 2.43. The Bertz CT molecular complexity index is 444. The van der Waals surface area contributed by atoms with Crippen molar-refractivity contribution in [3.8, 4) is 17.2 Å². The molecule has 17 heavy (non-hydrogen) atoms. The third-order valence-corrected chi connectivity index (χ3v) is 3.82. The molecular weight excluding hydrogens is 286 g/mol. The zero-order chi connectivity index (χ0) is 12.6. The van der Waals surface area contributed by atoms with Gasteiger partial charge in [-0.1, -0.05) is 0 Å². The molecule has 0 atom stereocenters. The second-order valence-corrected chi connectivity index (χ2v) is 4.96. The van der Waals surface area contributed by atoms with E-state index in [1.54, 1.807) is 21.3 Å². The first kappa shape index (κ1) is 12.5. The fourth-order valence-corrected chi connectivity index (χ4v) is 2.64. The van der Waals surface area contributed by atoms with Crippen molar-refractivity contribution in [1.82, 2.24) is 0 Å². The summed E-state index contributed by atoms with van der Waals surface area (Å²) in [6, 6.07) is 1.90. The molecule has 94 valence electrons. The highest BCUT2D eigenvalue weighted by atomic mass is 79.9. The molecule has 0 amide bonds. The van der Waals surface area contributed by atoms with Crippen molar-refractivity contribution >= 4 is 15.9 Å². The van der Waals surface area contributed by atoms with E-state index >= 15 is 0 Å². The molecule has 4 nitrogen and oxygen atoms in total. The van der Waals surface area contributed by atoms with Crippen molar-refractivity contribution in [3.05, 3.63) is 16.1 Å². The first-order chi connectivity index (χ1) is 8.07. The summed E-state index contributed by atoms with van der Waals surface area (Å²) in [4.78, 5) is 0. The number of methoxy groups -OCH3 is 3. The van der Waals surface area contributed by atoms with E-state index < -0.39 is 0 Å². The lowest BCUT2D eigenvalue weighted by atomic mass is 10.0. The SMILES string of the molecule is COc1cc(C2(N)CC2)c(OC)c(Br)c1OC. The van der Waals surface area contributed by atoms with Crippen LogP contribution in [-0.2, 0) is 5.54 Å². The molecule has 0 aromatic heterocycles. The molecule has 0 bridgehead atoms. The Morgan fingerprint density at radius 2 is 1.71 bits per heavy atom. The third-order valence-electron chi connectivity index (χ3n) is 3.10. The average Bonchev–Trinajstić information content (AvgIpc) is 3.07. The van der Waals surface area contributed by atoms with Crippen LogP contribution in [0.2, 0.25) is 0 Å². The zero-order valence-electron chi connectivity index (χ0n) is 10.2. The largest absolute Gasteiger partial charge is 0.495 e. The lowest BCUT2D eigenvalue weighted by Crippen LogP contribution is -2.20. The highest BCUT2D eigenvalue weighted by molar-refractivity contribution is 9.10. The van der Waals surface area contributed by atoms with Crippen LogP contribution in [0.25, 0.3) is 0 Å². The molecule has 1 aromatic rings. The monoisotopic (exact) mass is 301 g/mol. The van der Waals surface area contributed by atoms with E-state index in [2.05, 4.69) is 15.9 Å². The van der Waals surface area contributed by atoms with Gasteiger partial charge in [0.15, 0.2) is 11.5 Å². The lowest BCUT2D eigenvalue weighted by molar-refractivity contribution is 0.343. The van der Waals surface area contributed by atoms with Gasteiger partial charge < -0.3 is 19.9 Å². The van der Waals surface area contributed by atoms with Gasteiger partial charge in [-0.15, -0.1) is 0 Å². The molecular formula is C12H16BrNO3. The van der Waals surface area contributed by atoms with Crippen LogP contribution in [0.1, 0.15) is 18.4 Å². The molecule has 1 fully saturated rings. The Morgan fingerprint density at radius 3 is 2.12 bits per heavy atom. The number of rotatable bonds is 4. The normalized spacial score (nSPS) is 16.5. The minimum absolute atomic E-state index is 0.284. The molecule has 2 N–H and O–H groups in total. The Morgan fingerprint density at radius 1 is 1.12 bits per heavy atom. The molecule has 0 heterocycles. The number of halogens is 1. The predicted octanol–water partition coefficient (Wildman–Crippen LogP) is 2.42. The van der Waals surface area contributed by atoms with E-state index in [9.17, 15) is 0 Å². The fraction of sp³-hybridized carbons (Fsp3) is 0.500. The Kier molecular flexibility index (Phi) is 3.23. The number of hydrogen-bond donors (Lipinski definition) is 1. The summed E-state index contributed by atoms with van der Waals surface area (Å²) in [5.41, 5.74) is 6.91. The van der Waals surface area contributed by atoms with Crippen molar-refractivity contribution in [2.24, 2.45) is 5.73 Å². The van der Waals surface area contributed by atoms with Crippen LogP contribution in [0.4, 0.5) is 0 Å². The third kappa shape index (κ3) is 1.98. The molecule has 1 saturated carbocycles. The molecule has 0 unspecified atom stereocenters. The zero-order valence-corrected chi connectivity index (χ0v) is 11.8. The summed E-state index contributed by atoms with van der Waals surface area (Å²) in [5.74, 6) is 2.01. The number of benzene rings is 1. The van der Waals surface area contributed by atoms with Crippen LogP contribution in [0.3, 0.4) is 0 Å². The van der Waals surface area contributed by atoms with Crippen molar-refractivity contribution in [1.29, 1.82) is 0 Å². The molecule has 1 aromatic carbocycles. The second kappa shape index (κ2) is 4.38. The minimum Gasteiger partial charge on any atom is -0.495 e. The summed E-state index contributed by atoms with van der Waals surface area (Å²) in [6.45, 7) is 0. The first-order valence-electron chi connectivity index (χ1n) is 5.35. The van der Waals surface area contributed by atoms with Gasteiger partial charge in [0.1, 0.15) is 10.2 Å². The number of hydrogen-bond acceptors (Lipinski definition) is 4. The van der Waals surface area contributed by atoms with Gasteiger partial charge in [-0.2, -0.15) is 0 Å². The molecule has 0 spiro atoms. The molecule has 0 aliphatic heterocycles. The predicted molar refractivity (Wildman–Crippen MR) is 68.9 cm³/mol. The Balaban J connectivity index is 2.63. The van der Waals surface area contributed by atoms with E-state index in [1.165, 1.54) is 0 Å². The topological polar surface area (TPSA) is 53.7 Å². The van der Waals surface area contributed by atoms with Gasteiger partial charge >= 0.3 is 0 Å². The lowest BCUT2D eigenvalue weighted by Gasteiger charge is -2.19. The van der Waals surface area contributed by atoms with Crippen LogP contribution in [0.5, 0.6) is 17.2 Å². The maximum Gasteiger partial charge on any atom is 0.178 e. The van der Waals surface area contributed by atoms with Gasteiger partial charge in [0.25, 0.3) is 0 Å². The summed E-state index contributed by atoms with van der Waals surface area (Å²) >= 11 is 3.48. The van der Waals surface area contributed by atoms with Crippen LogP contribution in [-0.4, -0.2) is 21.3 Å². The van der Waals surface area contributed by atoms with Gasteiger partial charge in [0.2, 0.25) is 0 Å². The smallest absolute Gasteiger partial charge is 0.178 e. The van der Waals surface area contributed by atoms with Gasteiger partial charge in [-0.3, -0.25) is 0 Å². The van der Waals surface area contributed by atoms with E-state index in [4.69, 9.17) is 19.9 Å². The standard InChI is InChI=1S/C12H16BrNO3/c1-15-8-6-7(12(14)4-5-12)10(16-2)9(13)11(8)17-3/h6H,4-5,14H2,1-3H3. The van der Waals surface area contributed by atoms with Crippen LogP contribution in [0.15, 0.2) is 10.5 Å². The molecule has 2 rings (SSSR count). The Labute approximate surface area is 109 Å². The number of ether oxygens (including phenoxy) is 3. The molecule has 1 aliphatic carbocycles. The summed E-state index contributed by atoms with van der Waals surface area (Å²) in [7, 11) is 4.83. The van der Waals surface area contributed by atoms with E-state index in [0.29, 0.717) is 11.5 Å². The minimum atomic E-state index is -0.284. The van der Waals surface area contributed by atoms with Crippen LogP contribution < -0.4 is 19.9 Å². The fourth-order valence-electron chi connectivity index (χ4n) is 1.91. The van der Waals surface area contributed by atoms with Crippen LogP contribution in [0, 0.1) is 0 Å². The van der Waals surface area contributed by atoms with E-state index in [0.717, 1.165) is 28.6 Å². The Hall–Kier alpha value is -0.940. The van der Waals surface area contributed by atoms with Gasteiger partial charge in [-0.05, 0) is 34.8 Å². The van der Waals surface area contributed by atoms with Crippen molar-refractivity contribution < 1.29 is 14.2 Å². The van der Waals surface area contributed by atoms with Gasteiger partial charge in [0.05, 0.1) is 21.3 Å². The maximum absolute atomic E-state index is 6.23. The van der Waals surface area contributed by atoms with Crippen molar-refractivity contribution in [2.75, 3.05) is 21.3 Å². The summed E-state index contributed by atoms with van der Waals surface area (Å²) in [5, 5.41) is 0. The number of nitrogens with two attached hydrogens (primary N) is 1. The average molecular weight is 302 g/mol. The van der Waals surface area contributed by atoms with E-state index in [1.807, 2.05) is 6.07 Å². The molecule has 0 saturated heterocycles. The quantitative estimate of drug-likeness (QED) is 0.928. The van der Waals surface area contributed by atoms with Crippen molar-refractivity contribution in [2.45, 2.75) is 18.4 Å². The molecule has 1 aliphatic rings. The van der Waals surface area contributed by atoms with E-state index in [-0.39, 0.29) is 5.54 Å².